The van der Waals surface area contributed by atoms with Gasteiger partial charge in [-0.25, -0.2) is 27.8 Å². The molecule has 9 nitrogen and oxygen atoms in total. The van der Waals surface area contributed by atoms with Crippen LogP contribution < -0.4 is 20.1 Å². The summed E-state index contributed by atoms with van der Waals surface area (Å²) in [7, 11) is -3.65. The van der Waals surface area contributed by atoms with Crippen LogP contribution in [0.15, 0.2) is 48.8 Å². The van der Waals surface area contributed by atoms with Crippen molar-refractivity contribution >= 4 is 34.1 Å². The molecule has 35 heavy (non-hydrogen) atoms. The Balaban J connectivity index is 0.00000342. The SMILES string of the molecule is CCCS(=O)(=O)Nc1cccc(Oc2ncccc2-c2ccnc(NC3CCCNC3)n2)c1F.Cl. The van der Waals surface area contributed by atoms with Gasteiger partial charge in [-0.1, -0.05) is 13.0 Å². The van der Waals surface area contributed by atoms with E-state index in [0.29, 0.717) is 23.6 Å². The second kappa shape index (κ2) is 12.1. The highest BCUT2D eigenvalue weighted by Gasteiger charge is 2.19. The number of benzene rings is 1. The van der Waals surface area contributed by atoms with Crippen LogP contribution >= 0.6 is 12.4 Å². The summed E-state index contributed by atoms with van der Waals surface area (Å²) in [6, 6.07) is 9.72. The van der Waals surface area contributed by atoms with Gasteiger partial charge in [0.2, 0.25) is 21.9 Å². The molecule has 3 heterocycles. The molecule has 188 valence electrons. The van der Waals surface area contributed by atoms with Crippen LogP contribution in [0.3, 0.4) is 0 Å². The highest BCUT2D eigenvalue weighted by atomic mass is 35.5. The van der Waals surface area contributed by atoms with E-state index in [1.807, 2.05) is 0 Å². The number of piperidine rings is 1. The van der Waals surface area contributed by atoms with Crippen LogP contribution in [0.25, 0.3) is 11.3 Å². The standard InChI is InChI=1S/C23H27FN6O3S.ClH/c1-2-14-34(31,32)30-19-8-3-9-20(21(19)24)33-22-17(7-5-12-26-22)18-10-13-27-23(29-18)28-16-6-4-11-25-15-16;/h3,5,7-10,12-13,16,25,30H,2,4,6,11,14-15H2,1H3,(H,27,28,29);1H. The van der Waals surface area contributed by atoms with Crippen molar-refractivity contribution in [3.63, 3.8) is 0 Å². The Morgan fingerprint density at radius 1 is 1.17 bits per heavy atom. The van der Waals surface area contributed by atoms with Crippen LogP contribution in [-0.2, 0) is 10.0 Å². The number of ether oxygens (including phenoxy) is 1. The van der Waals surface area contributed by atoms with Gasteiger partial charge in [-0.05, 0) is 56.1 Å². The van der Waals surface area contributed by atoms with Gasteiger partial charge in [-0.15, -0.1) is 12.4 Å². The number of nitrogens with one attached hydrogen (secondary N) is 3. The molecular weight excluding hydrogens is 495 g/mol. The molecule has 0 saturated carbocycles. The summed E-state index contributed by atoms with van der Waals surface area (Å²) in [5, 5.41) is 6.68. The van der Waals surface area contributed by atoms with Crippen LogP contribution in [0.1, 0.15) is 26.2 Å². The minimum atomic E-state index is -3.65. The number of hydrogen-bond acceptors (Lipinski definition) is 8. The van der Waals surface area contributed by atoms with Crippen molar-refractivity contribution in [1.29, 1.82) is 0 Å². The highest BCUT2D eigenvalue weighted by Crippen LogP contribution is 2.34. The Bertz CT molecular complexity index is 1240. The molecule has 3 aromatic rings. The van der Waals surface area contributed by atoms with Gasteiger partial charge in [-0.3, -0.25) is 4.72 Å². The van der Waals surface area contributed by atoms with Crippen molar-refractivity contribution in [3.05, 3.63) is 54.6 Å². The Kier molecular flexibility index (Phi) is 9.19. The lowest BCUT2D eigenvalue weighted by Crippen LogP contribution is -2.38. The highest BCUT2D eigenvalue weighted by molar-refractivity contribution is 7.92. The predicted molar refractivity (Wildman–Crippen MR) is 136 cm³/mol. The first-order valence-electron chi connectivity index (χ1n) is 11.2. The Morgan fingerprint density at radius 2 is 2.03 bits per heavy atom. The molecule has 1 aliphatic heterocycles. The first-order valence-corrected chi connectivity index (χ1v) is 12.8. The molecule has 0 bridgehead atoms. The van der Waals surface area contributed by atoms with E-state index in [-0.39, 0.29) is 41.5 Å². The molecule has 1 saturated heterocycles. The third kappa shape index (κ3) is 7.00. The Hall–Kier alpha value is -3.02. The minimum absolute atomic E-state index is 0. The molecule has 1 fully saturated rings. The van der Waals surface area contributed by atoms with Crippen molar-refractivity contribution in [3.8, 4) is 22.9 Å². The van der Waals surface area contributed by atoms with Crippen LogP contribution in [0.5, 0.6) is 11.6 Å². The van der Waals surface area contributed by atoms with Crippen molar-refractivity contribution in [2.75, 3.05) is 28.9 Å². The fourth-order valence-electron chi connectivity index (χ4n) is 3.66. The average molecular weight is 523 g/mol. The van der Waals surface area contributed by atoms with E-state index in [1.54, 1.807) is 31.3 Å². The van der Waals surface area contributed by atoms with E-state index >= 15 is 4.39 Å². The van der Waals surface area contributed by atoms with Gasteiger partial charge in [0.05, 0.1) is 22.7 Å². The minimum Gasteiger partial charge on any atom is -0.435 e. The maximum atomic E-state index is 15.1. The number of aromatic nitrogens is 3. The number of rotatable bonds is 9. The molecule has 1 aromatic carbocycles. The second-order valence-corrected chi connectivity index (χ2v) is 9.79. The van der Waals surface area contributed by atoms with Gasteiger partial charge in [0, 0.05) is 25.0 Å². The van der Waals surface area contributed by atoms with Crippen molar-refractivity contribution in [2.24, 2.45) is 0 Å². The zero-order valence-electron chi connectivity index (χ0n) is 19.2. The predicted octanol–water partition coefficient (Wildman–Crippen LogP) is 4.21. The normalized spacial score (nSPS) is 15.7. The van der Waals surface area contributed by atoms with Gasteiger partial charge in [0.25, 0.3) is 0 Å². The van der Waals surface area contributed by atoms with Gasteiger partial charge >= 0.3 is 0 Å². The van der Waals surface area contributed by atoms with Crippen molar-refractivity contribution in [2.45, 2.75) is 32.2 Å². The molecule has 1 unspecified atom stereocenters. The Morgan fingerprint density at radius 3 is 2.80 bits per heavy atom. The average Bonchev–Trinajstić information content (AvgIpc) is 2.83. The van der Waals surface area contributed by atoms with E-state index < -0.39 is 15.8 Å². The lowest BCUT2D eigenvalue weighted by molar-refractivity contribution is 0.430. The van der Waals surface area contributed by atoms with Gasteiger partial charge < -0.3 is 15.4 Å². The third-order valence-corrected chi connectivity index (χ3v) is 6.72. The molecule has 0 radical (unpaired) electrons. The maximum absolute atomic E-state index is 15.1. The molecule has 2 aromatic heterocycles. The fraction of sp³-hybridized carbons (Fsp3) is 0.348. The molecule has 0 amide bonds. The molecule has 0 spiro atoms. The number of anilines is 2. The van der Waals surface area contributed by atoms with E-state index in [9.17, 15) is 8.42 Å². The first kappa shape index (κ1) is 26.6. The summed E-state index contributed by atoms with van der Waals surface area (Å²) < 4.78 is 47.3. The number of halogens is 2. The number of pyridine rings is 1. The topological polar surface area (TPSA) is 118 Å². The van der Waals surface area contributed by atoms with E-state index in [1.165, 1.54) is 24.4 Å². The molecule has 1 atom stereocenters. The zero-order valence-corrected chi connectivity index (χ0v) is 20.8. The van der Waals surface area contributed by atoms with Crippen LogP contribution in [0, 0.1) is 5.82 Å². The van der Waals surface area contributed by atoms with Gasteiger partial charge in [-0.2, -0.15) is 0 Å². The fourth-order valence-corrected chi connectivity index (χ4v) is 4.80. The number of hydrogen-bond donors (Lipinski definition) is 3. The van der Waals surface area contributed by atoms with Crippen molar-refractivity contribution in [1.82, 2.24) is 20.3 Å². The van der Waals surface area contributed by atoms with Crippen LogP contribution in [0.2, 0.25) is 0 Å². The van der Waals surface area contributed by atoms with Gasteiger partial charge in [0.1, 0.15) is 0 Å². The third-order valence-electron chi connectivity index (χ3n) is 5.24. The molecule has 12 heteroatoms. The van der Waals surface area contributed by atoms with Gasteiger partial charge in [0.15, 0.2) is 11.6 Å². The largest absolute Gasteiger partial charge is 0.435 e. The number of sulfonamides is 1. The van der Waals surface area contributed by atoms with E-state index in [2.05, 4.69) is 30.3 Å². The van der Waals surface area contributed by atoms with E-state index in [0.717, 1.165) is 25.9 Å². The summed E-state index contributed by atoms with van der Waals surface area (Å²) in [4.78, 5) is 13.2. The monoisotopic (exact) mass is 522 g/mol. The lowest BCUT2D eigenvalue weighted by Gasteiger charge is -2.23. The second-order valence-electron chi connectivity index (χ2n) is 7.95. The van der Waals surface area contributed by atoms with Crippen molar-refractivity contribution < 1.29 is 17.5 Å². The first-order chi connectivity index (χ1) is 16.4. The molecule has 3 N–H and O–H groups in total. The summed E-state index contributed by atoms with van der Waals surface area (Å²) in [6.07, 6.45) is 5.69. The number of nitrogens with zero attached hydrogens (tertiary/aromatic N) is 3. The van der Waals surface area contributed by atoms with Crippen LogP contribution in [-0.4, -0.2) is 48.3 Å². The molecule has 1 aliphatic rings. The lowest BCUT2D eigenvalue weighted by atomic mass is 10.1. The summed E-state index contributed by atoms with van der Waals surface area (Å²) in [5.41, 5.74) is 0.925. The maximum Gasteiger partial charge on any atom is 0.232 e. The molecule has 0 aliphatic carbocycles. The summed E-state index contributed by atoms with van der Waals surface area (Å²) in [5.74, 6) is -0.465. The Labute approximate surface area is 210 Å². The zero-order chi connectivity index (χ0) is 24.0. The molecular formula is C23H28ClFN6O3S. The molecule has 4 rings (SSSR count). The van der Waals surface area contributed by atoms with Crippen LogP contribution in [0.4, 0.5) is 16.0 Å². The van der Waals surface area contributed by atoms with E-state index in [4.69, 9.17) is 4.74 Å². The quantitative estimate of drug-likeness (QED) is 0.382. The summed E-state index contributed by atoms with van der Waals surface area (Å²) in [6.45, 7) is 3.58. The summed E-state index contributed by atoms with van der Waals surface area (Å²) >= 11 is 0. The smallest absolute Gasteiger partial charge is 0.232 e.